The van der Waals surface area contributed by atoms with Crippen LogP contribution < -0.4 is 0 Å². The molecule has 1 aromatic carbocycles. The van der Waals surface area contributed by atoms with Crippen LogP contribution in [0.2, 0.25) is 0 Å². The van der Waals surface area contributed by atoms with Crippen LogP contribution >= 0.6 is 12.2 Å². The maximum atomic E-state index is 13.2. The van der Waals surface area contributed by atoms with Gasteiger partial charge in [-0.25, -0.2) is 4.39 Å². The average molecular weight is 290 g/mol. The van der Waals surface area contributed by atoms with E-state index in [0.717, 1.165) is 28.8 Å². The zero-order chi connectivity index (χ0) is 14.3. The predicted molar refractivity (Wildman–Crippen MR) is 78.7 cm³/mol. The zero-order valence-corrected chi connectivity index (χ0v) is 12.2. The van der Waals surface area contributed by atoms with Crippen LogP contribution in [0.5, 0.6) is 0 Å². The van der Waals surface area contributed by atoms with Gasteiger partial charge in [0.2, 0.25) is 0 Å². The molecule has 0 spiro atoms. The van der Waals surface area contributed by atoms with E-state index in [1.165, 1.54) is 6.07 Å². The number of hydrogen-bond acceptors (Lipinski definition) is 2. The normalized spacial score (nSPS) is 11.3. The van der Waals surface area contributed by atoms with Gasteiger partial charge in [0.15, 0.2) is 10.4 Å². The summed E-state index contributed by atoms with van der Waals surface area (Å²) in [6.07, 6.45) is 0.725. The number of H-pyrrole nitrogens is 1. The SMILES string of the molecule is Cc1nn(C)c2c1[nH]c(=S)n2CCc1cccc(F)c1. The highest BCUT2D eigenvalue weighted by Crippen LogP contribution is 2.17. The van der Waals surface area contributed by atoms with Crippen LogP contribution in [0.15, 0.2) is 24.3 Å². The number of nitrogens with one attached hydrogen (secondary N) is 1. The molecule has 3 rings (SSSR count). The highest BCUT2D eigenvalue weighted by molar-refractivity contribution is 7.71. The summed E-state index contributed by atoms with van der Waals surface area (Å²) in [5.41, 5.74) is 3.83. The van der Waals surface area contributed by atoms with E-state index in [4.69, 9.17) is 12.2 Å². The lowest BCUT2D eigenvalue weighted by atomic mass is 10.1. The monoisotopic (exact) mass is 290 g/mol. The Balaban J connectivity index is 1.95. The summed E-state index contributed by atoms with van der Waals surface area (Å²) in [5, 5.41) is 4.38. The topological polar surface area (TPSA) is 38.5 Å². The Bertz CT molecular complexity index is 827. The van der Waals surface area contributed by atoms with Crippen molar-refractivity contribution in [2.24, 2.45) is 7.05 Å². The number of aromatic nitrogens is 4. The molecule has 0 amide bonds. The van der Waals surface area contributed by atoms with Crippen LogP contribution in [-0.4, -0.2) is 19.3 Å². The first-order valence-corrected chi connectivity index (χ1v) is 6.83. The van der Waals surface area contributed by atoms with Gasteiger partial charge in [0, 0.05) is 13.6 Å². The van der Waals surface area contributed by atoms with Gasteiger partial charge in [-0.2, -0.15) is 5.10 Å². The molecule has 2 heterocycles. The lowest BCUT2D eigenvalue weighted by molar-refractivity contribution is 0.620. The van der Waals surface area contributed by atoms with Gasteiger partial charge in [0.05, 0.1) is 5.69 Å². The van der Waals surface area contributed by atoms with E-state index in [-0.39, 0.29) is 5.82 Å². The maximum absolute atomic E-state index is 13.2. The second kappa shape index (κ2) is 4.86. The van der Waals surface area contributed by atoms with Crippen LogP contribution in [0, 0.1) is 17.5 Å². The second-order valence-corrected chi connectivity index (χ2v) is 5.26. The standard InChI is InChI=1S/C14H15FN4S/c1-9-12-13(18(2)17-9)19(14(20)16-12)7-6-10-4-3-5-11(15)8-10/h3-5,8H,6-7H2,1-2H3,(H,16,20). The van der Waals surface area contributed by atoms with Crippen molar-refractivity contribution in [3.05, 3.63) is 46.1 Å². The Morgan fingerprint density at radius 3 is 2.95 bits per heavy atom. The molecule has 0 radical (unpaired) electrons. The molecular weight excluding hydrogens is 275 g/mol. The van der Waals surface area contributed by atoms with E-state index >= 15 is 0 Å². The van der Waals surface area contributed by atoms with Gasteiger partial charge in [-0.1, -0.05) is 12.1 Å². The first-order valence-electron chi connectivity index (χ1n) is 6.43. The molecule has 3 aromatic rings. The number of benzene rings is 1. The summed E-state index contributed by atoms with van der Waals surface area (Å²) in [5.74, 6) is -0.207. The lowest BCUT2D eigenvalue weighted by Crippen LogP contribution is -2.05. The molecule has 0 aliphatic carbocycles. The predicted octanol–water partition coefficient (Wildman–Crippen LogP) is 3.12. The molecule has 0 saturated carbocycles. The van der Waals surface area contributed by atoms with Crippen molar-refractivity contribution in [1.29, 1.82) is 0 Å². The van der Waals surface area contributed by atoms with Crippen molar-refractivity contribution in [2.75, 3.05) is 0 Å². The molecule has 20 heavy (non-hydrogen) atoms. The maximum Gasteiger partial charge on any atom is 0.179 e. The molecule has 0 aliphatic heterocycles. The fourth-order valence-corrected chi connectivity index (χ4v) is 2.79. The van der Waals surface area contributed by atoms with Crippen LogP contribution in [0.4, 0.5) is 4.39 Å². The summed E-state index contributed by atoms with van der Waals surface area (Å²) < 4.78 is 17.7. The number of nitrogens with zero attached hydrogens (tertiary/aromatic N) is 3. The van der Waals surface area contributed by atoms with Gasteiger partial charge in [-0.05, 0) is 43.3 Å². The van der Waals surface area contributed by atoms with Gasteiger partial charge in [-0.3, -0.25) is 4.68 Å². The van der Waals surface area contributed by atoms with E-state index in [1.54, 1.807) is 12.1 Å². The Morgan fingerprint density at radius 1 is 1.40 bits per heavy atom. The number of fused-ring (bicyclic) bond motifs is 1. The number of hydrogen-bond donors (Lipinski definition) is 1. The van der Waals surface area contributed by atoms with E-state index in [2.05, 4.69) is 10.1 Å². The summed E-state index contributed by atoms with van der Waals surface area (Å²) in [6.45, 7) is 2.64. The molecule has 104 valence electrons. The highest BCUT2D eigenvalue weighted by Gasteiger charge is 2.12. The van der Waals surface area contributed by atoms with Crippen molar-refractivity contribution in [1.82, 2.24) is 19.3 Å². The quantitative estimate of drug-likeness (QED) is 0.753. The number of aryl methyl sites for hydroxylation is 4. The third-order valence-electron chi connectivity index (χ3n) is 3.44. The Labute approximate surface area is 120 Å². The molecule has 0 atom stereocenters. The summed E-state index contributed by atoms with van der Waals surface area (Å²) in [6, 6.07) is 6.66. The smallest absolute Gasteiger partial charge is 0.179 e. The Hall–Kier alpha value is -1.95. The minimum absolute atomic E-state index is 0.207. The molecule has 2 aromatic heterocycles. The van der Waals surface area contributed by atoms with Crippen LogP contribution in [0.3, 0.4) is 0 Å². The molecule has 0 saturated heterocycles. The molecule has 6 heteroatoms. The number of halogens is 1. The first-order chi connectivity index (χ1) is 9.56. The third kappa shape index (κ3) is 2.16. The minimum atomic E-state index is -0.207. The zero-order valence-electron chi connectivity index (χ0n) is 11.4. The molecular formula is C14H15FN4S. The van der Waals surface area contributed by atoms with Gasteiger partial charge in [0.1, 0.15) is 11.3 Å². The van der Waals surface area contributed by atoms with Crippen molar-refractivity contribution in [3.8, 4) is 0 Å². The molecule has 0 fully saturated rings. The minimum Gasteiger partial charge on any atom is -0.328 e. The first kappa shape index (κ1) is 13.1. The fourth-order valence-electron chi connectivity index (χ4n) is 2.51. The third-order valence-corrected chi connectivity index (χ3v) is 3.76. The largest absolute Gasteiger partial charge is 0.328 e. The van der Waals surface area contributed by atoms with Gasteiger partial charge >= 0.3 is 0 Å². The number of imidazole rings is 1. The molecule has 0 unspecified atom stereocenters. The fraction of sp³-hybridized carbons (Fsp3) is 0.286. The molecule has 0 bridgehead atoms. The summed E-state index contributed by atoms with van der Waals surface area (Å²) in [4.78, 5) is 3.18. The highest BCUT2D eigenvalue weighted by atomic mass is 32.1. The summed E-state index contributed by atoms with van der Waals surface area (Å²) in [7, 11) is 1.90. The summed E-state index contributed by atoms with van der Waals surface area (Å²) >= 11 is 5.36. The van der Waals surface area contributed by atoms with E-state index in [1.807, 2.05) is 29.3 Å². The second-order valence-electron chi connectivity index (χ2n) is 4.87. The van der Waals surface area contributed by atoms with Gasteiger partial charge in [0.25, 0.3) is 0 Å². The van der Waals surface area contributed by atoms with Gasteiger partial charge < -0.3 is 9.55 Å². The van der Waals surface area contributed by atoms with Crippen LogP contribution in [0.25, 0.3) is 11.2 Å². The number of aromatic amines is 1. The van der Waals surface area contributed by atoms with Gasteiger partial charge in [-0.15, -0.1) is 0 Å². The van der Waals surface area contributed by atoms with E-state index in [0.29, 0.717) is 11.3 Å². The molecule has 1 N–H and O–H groups in total. The van der Waals surface area contributed by atoms with E-state index in [9.17, 15) is 4.39 Å². The Morgan fingerprint density at radius 2 is 2.20 bits per heavy atom. The van der Waals surface area contributed by atoms with Crippen molar-refractivity contribution >= 4 is 23.4 Å². The van der Waals surface area contributed by atoms with Crippen molar-refractivity contribution < 1.29 is 4.39 Å². The molecule has 4 nitrogen and oxygen atoms in total. The van der Waals surface area contributed by atoms with Crippen LogP contribution in [0.1, 0.15) is 11.3 Å². The number of rotatable bonds is 3. The lowest BCUT2D eigenvalue weighted by Gasteiger charge is -2.05. The van der Waals surface area contributed by atoms with Crippen molar-refractivity contribution in [2.45, 2.75) is 19.9 Å². The molecule has 0 aliphatic rings. The van der Waals surface area contributed by atoms with Crippen molar-refractivity contribution in [3.63, 3.8) is 0 Å². The average Bonchev–Trinajstić information content (AvgIpc) is 2.86. The Kier molecular flexibility index (Phi) is 3.17. The van der Waals surface area contributed by atoms with E-state index < -0.39 is 0 Å². The van der Waals surface area contributed by atoms with Crippen LogP contribution in [-0.2, 0) is 20.0 Å².